The second kappa shape index (κ2) is 7.92. The number of carbonyl (C=O) groups is 2. The molecule has 2 amide bonds. The highest BCUT2D eigenvalue weighted by Gasteiger charge is 2.22. The summed E-state index contributed by atoms with van der Waals surface area (Å²) in [6, 6.07) is 12.2. The van der Waals surface area contributed by atoms with E-state index in [0.717, 1.165) is 31.5 Å². The Morgan fingerprint density at radius 2 is 1.92 bits per heavy atom. The third kappa shape index (κ3) is 4.25. The van der Waals surface area contributed by atoms with Crippen molar-refractivity contribution in [2.24, 2.45) is 5.92 Å². The minimum atomic E-state index is -0.239. The Bertz CT molecular complexity index is 835. The van der Waals surface area contributed by atoms with Gasteiger partial charge in [0.1, 0.15) is 0 Å². The SMILES string of the molecule is Cc1cc(Cl)ccc1NC(=O)c1cccc(C(=O)N2CCCC(C)C2)c1. The number of benzene rings is 2. The summed E-state index contributed by atoms with van der Waals surface area (Å²) in [5.41, 5.74) is 2.62. The van der Waals surface area contributed by atoms with Crippen molar-refractivity contribution in [3.63, 3.8) is 0 Å². The van der Waals surface area contributed by atoms with Crippen molar-refractivity contribution in [2.75, 3.05) is 18.4 Å². The summed E-state index contributed by atoms with van der Waals surface area (Å²) in [5, 5.41) is 3.51. The van der Waals surface area contributed by atoms with Gasteiger partial charge in [0.15, 0.2) is 0 Å². The van der Waals surface area contributed by atoms with Crippen molar-refractivity contribution in [2.45, 2.75) is 26.7 Å². The molecule has 1 heterocycles. The molecule has 26 heavy (non-hydrogen) atoms. The Kier molecular flexibility index (Phi) is 5.62. The minimum absolute atomic E-state index is 0.00567. The van der Waals surface area contributed by atoms with Gasteiger partial charge in [-0.25, -0.2) is 0 Å². The summed E-state index contributed by atoms with van der Waals surface area (Å²) in [6.07, 6.45) is 2.19. The first-order chi connectivity index (χ1) is 12.4. The maximum atomic E-state index is 12.7. The number of piperidine rings is 1. The lowest BCUT2D eigenvalue weighted by Crippen LogP contribution is -2.39. The van der Waals surface area contributed by atoms with Crippen LogP contribution in [0.3, 0.4) is 0 Å². The molecule has 1 aliphatic rings. The van der Waals surface area contributed by atoms with Gasteiger partial charge in [-0.1, -0.05) is 24.6 Å². The molecular weight excluding hydrogens is 348 g/mol. The van der Waals surface area contributed by atoms with Crippen molar-refractivity contribution in [3.8, 4) is 0 Å². The maximum Gasteiger partial charge on any atom is 0.255 e. The van der Waals surface area contributed by atoms with Gasteiger partial charge in [-0.2, -0.15) is 0 Å². The predicted octanol–water partition coefficient (Wildman–Crippen LogP) is 4.77. The number of rotatable bonds is 3. The summed E-state index contributed by atoms with van der Waals surface area (Å²) >= 11 is 5.96. The van der Waals surface area contributed by atoms with Gasteiger partial charge in [0.2, 0.25) is 0 Å². The van der Waals surface area contributed by atoms with Crippen LogP contribution in [-0.4, -0.2) is 29.8 Å². The van der Waals surface area contributed by atoms with Crippen LogP contribution in [0.15, 0.2) is 42.5 Å². The van der Waals surface area contributed by atoms with E-state index in [1.54, 1.807) is 42.5 Å². The highest BCUT2D eigenvalue weighted by atomic mass is 35.5. The van der Waals surface area contributed by atoms with Gasteiger partial charge in [-0.3, -0.25) is 9.59 Å². The Morgan fingerprint density at radius 3 is 2.65 bits per heavy atom. The molecule has 1 N–H and O–H groups in total. The zero-order chi connectivity index (χ0) is 18.7. The van der Waals surface area contributed by atoms with Crippen LogP contribution in [-0.2, 0) is 0 Å². The molecule has 0 saturated carbocycles. The molecule has 1 aliphatic heterocycles. The number of amides is 2. The van der Waals surface area contributed by atoms with Gasteiger partial charge in [-0.05, 0) is 67.6 Å². The lowest BCUT2D eigenvalue weighted by Gasteiger charge is -2.31. The molecule has 5 heteroatoms. The van der Waals surface area contributed by atoms with E-state index in [1.807, 2.05) is 11.8 Å². The highest BCUT2D eigenvalue weighted by molar-refractivity contribution is 6.30. The number of aryl methyl sites for hydroxylation is 1. The number of nitrogens with one attached hydrogen (secondary N) is 1. The quantitative estimate of drug-likeness (QED) is 0.845. The van der Waals surface area contributed by atoms with Crippen molar-refractivity contribution in [1.82, 2.24) is 4.90 Å². The maximum absolute atomic E-state index is 12.7. The van der Waals surface area contributed by atoms with Gasteiger partial charge in [0.25, 0.3) is 11.8 Å². The molecule has 0 radical (unpaired) electrons. The van der Waals surface area contributed by atoms with Crippen molar-refractivity contribution < 1.29 is 9.59 Å². The fraction of sp³-hybridized carbons (Fsp3) is 0.333. The van der Waals surface area contributed by atoms with Gasteiger partial charge in [0, 0.05) is 34.9 Å². The Labute approximate surface area is 159 Å². The molecule has 1 fully saturated rings. The number of hydrogen-bond donors (Lipinski definition) is 1. The van der Waals surface area contributed by atoms with Crippen LogP contribution in [0.1, 0.15) is 46.0 Å². The lowest BCUT2D eigenvalue weighted by molar-refractivity contribution is 0.0683. The monoisotopic (exact) mass is 370 g/mol. The standard InChI is InChI=1S/C21H23ClN2O2/c1-14-5-4-10-24(13-14)21(26)17-7-3-6-16(12-17)20(25)23-19-9-8-18(22)11-15(19)2/h3,6-9,11-12,14H,4-5,10,13H2,1-2H3,(H,23,25). The normalized spacial score (nSPS) is 17.0. The van der Waals surface area contributed by atoms with E-state index in [-0.39, 0.29) is 11.8 Å². The van der Waals surface area contributed by atoms with Crippen LogP contribution in [0, 0.1) is 12.8 Å². The first-order valence-electron chi connectivity index (χ1n) is 8.91. The largest absolute Gasteiger partial charge is 0.338 e. The van der Waals surface area contributed by atoms with Crippen LogP contribution in [0.4, 0.5) is 5.69 Å². The molecule has 1 atom stereocenters. The van der Waals surface area contributed by atoms with Crippen molar-refractivity contribution >= 4 is 29.1 Å². The molecule has 0 aromatic heterocycles. The average Bonchev–Trinajstić information content (AvgIpc) is 2.63. The fourth-order valence-electron chi connectivity index (χ4n) is 3.31. The number of carbonyl (C=O) groups excluding carboxylic acids is 2. The van der Waals surface area contributed by atoms with Crippen LogP contribution < -0.4 is 5.32 Å². The summed E-state index contributed by atoms with van der Waals surface area (Å²) in [4.78, 5) is 27.2. The summed E-state index contributed by atoms with van der Waals surface area (Å²) in [7, 11) is 0. The number of hydrogen-bond acceptors (Lipinski definition) is 2. The highest BCUT2D eigenvalue weighted by Crippen LogP contribution is 2.21. The Morgan fingerprint density at radius 1 is 1.15 bits per heavy atom. The topological polar surface area (TPSA) is 49.4 Å². The van der Waals surface area contributed by atoms with Crippen LogP contribution in [0.5, 0.6) is 0 Å². The molecule has 1 saturated heterocycles. The smallest absolute Gasteiger partial charge is 0.255 e. The molecule has 3 rings (SSSR count). The fourth-order valence-corrected chi connectivity index (χ4v) is 3.54. The van der Waals surface area contributed by atoms with Crippen LogP contribution in [0.25, 0.3) is 0 Å². The van der Waals surface area contributed by atoms with Crippen molar-refractivity contribution in [1.29, 1.82) is 0 Å². The first-order valence-corrected chi connectivity index (χ1v) is 9.28. The van der Waals surface area contributed by atoms with Gasteiger partial charge >= 0.3 is 0 Å². The van der Waals surface area contributed by atoms with E-state index >= 15 is 0 Å². The second-order valence-electron chi connectivity index (χ2n) is 6.99. The Hall–Kier alpha value is -2.33. The number of nitrogens with zero attached hydrogens (tertiary/aromatic N) is 1. The van der Waals surface area contributed by atoms with Crippen molar-refractivity contribution in [3.05, 3.63) is 64.2 Å². The van der Waals surface area contributed by atoms with Crippen LogP contribution >= 0.6 is 11.6 Å². The molecule has 1 unspecified atom stereocenters. The minimum Gasteiger partial charge on any atom is -0.338 e. The second-order valence-corrected chi connectivity index (χ2v) is 7.43. The third-order valence-electron chi connectivity index (χ3n) is 4.75. The zero-order valence-corrected chi connectivity index (χ0v) is 15.8. The van der Waals surface area contributed by atoms with Crippen LogP contribution in [0.2, 0.25) is 5.02 Å². The molecule has 2 aromatic carbocycles. The van der Waals surface area contributed by atoms with E-state index in [4.69, 9.17) is 11.6 Å². The molecule has 0 spiro atoms. The molecule has 4 nitrogen and oxygen atoms in total. The van der Waals surface area contributed by atoms with E-state index in [1.165, 1.54) is 0 Å². The molecule has 2 aromatic rings. The summed E-state index contributed by atoms with van der Waals surface area (Å²) < 4.78 is 0. The number of anilines is 1. The van der Waals surface area contributed by atoms with Gasteiger partial charge in [0.05, 0.1) is 0 Å². The lowest BCUT2D eigenvalue weighted by atomic mass is 9.99. The zero-order valence-electron chi connectivity index (χ0n) is 15.1. The summed E-state index contributed by atoms with van der Waals surface area (Å²) in [6.45, 7) is 5.61. The summed E-state index contributed by atoms with van der Waals surface area (Å²) in [5.74, 6) is 0.276. The average molecular weight is 371 g/mol. The number of halogens is 1. The van der Waals surface area contributed by atoms with Gasteiger partial charge in [-0.15, -0.1) is 0 Å². The van der Waals surface area contributed by atoms with E-state index in [9.17, 15) is 9.59 Å². The molecule has 136 valence electrons. The van der Waals surface area contributed by atoms with E-state index in [2.05, 4.69) is 12.2 Å². The van der Waals surface area contributed by atoms with E-state index < -0.39 is 0 Å². The third-order valence-corrected chi connectivity index (χ3v) is 4.99. The molecule has 0 aliphatic carbocycles. The van der Waals surface area contributed by atoms with Gasteiger partial charge < -0.3 is 10.2 Å². The Balaban J connectivity index is 1.75. The van der Waals surface area contributed by atoms with E-state index in [0.29, 0.717) is 27.8 Å². The number of likely N-dealkylation sites (tertiary alicyclic amines) is 1. The first kappa shape index (κ1) is 18.5. The predicted molar refractivity (Wildman–Crippen MR) is 105 cm³/mol. The molecular formula is C21H23ClN2O2. The molecule has 0 bridgehead atoms.